The van der Waals surface area contributed by atoms with Crippen LogP contribution in [0.5, 0.6) is 5.75 Å². The van der Waals surface area contributed by atoms with Crippen LogP contribution in [0, 0.1) is 19.3 Å². The maximum Gasteiger partial charge on any atom is 0.326 e. The minimum Gasteiger partial charge on any atom is -0.491 e. The number of nitrogens with zero attached hydrogens (tertiary/aromatic N) is 1. The smallest absolute Gasteiger partial charge is 0.326 e. The van der Waals surface area contributed by atoms with Crippen molar-refractivity contribution in [1.29, 1.82) is 0 Å². The van der Waals surface area contributed by atoms with Crippen molar-refractivity contribution in [3.8, 4) is 5.75 Å². The predicted octanol–water partition coefficient (Wildman–Crippen LogP) is 5.95. The fourth-order valence-corrected chi connectivity index (χ4v) is 6.49. The third-order valence-electron chi connectivity index (χ3n) is 7.71. The molecule has 0 saturated carbocycles. The number of rotatable bonds is 9. The molecule has 2 N–H and O–H groups in total. The first-order chi connectivity index (χ1) is 16.9. The molecule has 1 unspecified atom stereocenters. The lowest BCUT2D eigenvalue weighted by Crippen LogP contribution is -2.40. The number of hydrogen-bond donors (Lipinski definition) is 2. The van der Waals surface area contributed by atoms with Crippen LogP contribution >= 0.6 is 11.3 Å². The van der Waals surface area contributed by atoms with Gasteiger partial charge in [0.1, 0.15) is 18.4 Å². The average molecular weight is 516 g/mol. The van der Waals surface area contributed by atoms with Gasteiger partial charge in [-0.2, -0.15) is 0 Å². The molecule has 1 aromatic heterocycles. The summed E-state index contributed by atoms with van der Waals surface area (Å²) in [5.41, 5.74) is 2.55. The van der Waals surface area contributed by atoms with E-state index in [4.69, 9.17) is 4.74 Å². The molecule has 36 heavy (non-hydrogen) atoms. The second-order valence-corrected chi connectivity index (χ2v) is 12.1. The van der Waals surface area contributed by atoms with Gasteiger partial charge in [0.15, 0.2) is 0 Å². The number of likely N-dealkylation sites (tertiary alicyclic amines) is 1. The Hall–Kier alpha value is -2.38. The van der Waals surface area contributed by atoms with Crippen LogP contribution < -0.4 is 4.74 Å². The Bertz CT molecular complexity index is 1100. The van der Waals surface area contributed by atoms with Crippen LogP contribution in [-0.4, -0.2) is 52.3 Å². The largest absolute Gasteiger partial charge is 0.491 e. The van der Waals surface area contributed by atoms with E-state index in [1.165, 1.54) is 21.8 Å². The standard InChI is InChI=1S/C29H41NO5S/c1-8-29(9-2,20-12-13-22(18(3)15-20)35-17-23(31)28(5,6)7)24-16-19(4)25(36-24)26(32)30-14-10-11-21(30)27(33)34/h12-13,15-16,21,23,31H,8-11,14,17H2,1-7H3,(H,33,34)/t21-,23?/m1/s1. The molecule has 1 aliphatic heterocycles. The Kier molecular flexibility index (Phi) is 8.56. The minimum atomic E-state index is -0.931. The van der Waals surface area contributed by atoms with E-state index < -0.39 is 18.1 Å². The predicted molar refractivity (Wildman–Crippen MR) is 144 cm³/mol. The lowest BCUT2D eigenvalue weighted by Gasteiger charge is -2.32. The Morgan fingerprint density at radius 3 is 2.36 bits per heavy atom. The lowest BCUT2D eigenvalue weighted by molar-refractivity contribution is -0.141. The average Bonchev–Trinajstić information content (AvgIpc) is 3.46. The number of carboxylic acids is 1. The number of hydrogen-bond acceptors (Lipinski definition) is 5. The molecule has 0 bridgehead atoms. The lowest BCUT2D eigenvalue weighted by atomic mass is 9.74. The molecule has 7 heteroatoms. The van der Waals surface area contributed by atoms with Gasteiger partial charge >= 0.3 is 5.97 Å². The zero-order valence-electron chi connectivity index (χ0n) is 22.7. The molecule has 198 valence electrons. The number of carbonyl (C=O) groups is 2. The molecule has 2 heterocycles. The number of aliphatic carboxylic acids is 1. The molecule has 0 aliphatic carbocycles. The molecule has 1 amide bonds. The number of amides is 1. The number of aryl methyl sites for hydroxylation is 2. The van der Waals surface area contributed by atoms with E-state index in [1.807, 2.05) is 40.7 Å². The highest BCUT2D eigenvalue weighted by Crippen LogP contribution is 2.44. The van der Waals surface area contributed by atoms with Crippen molar-refractivity contribution in [1.82, 2.24) is 4.90 Å². The molecule has 0 radical (unpaired) electrons. The Morgan fingerprint density at radius 1 is 1.14 bits per heavy atom. The second kappa shape index (κ2) is 10.9. The first-order valence-corrected chi connectivity index (χ1v) is 13.7. The molecule has 0 spiro atoms. The quantitative estimate of drug-likeness (QED) is 0.431. The summed E-state index contributed by atoms with van der Waals surface area (Å²) in [5.74, 6) is -0.346. The summed E-state index contributed by atoms with van der Waals surface area (Å²) in [7, 11) is 0. The number of thiophene rings is 1. The maximum atomic E-state index is 13.4. The summed E-state index contributed by atoms with van der Waals surface area (Å²) in [6, 6.07) is 7.60. The minimum absolute atomic E-state index is 0.174. The van der Waals surface area contributed by atoms with Crippen LogP contribution in [0.15, 0.2) is 24.3 Å². The first kappa shape index (κ1) is 28.2. The highest BCUT2D eigenvalue weighted by molar-refractivity contribution is 7.14. The second-order valence-electron chi connectivity index (χ2n) is 11.1. The molecule has 3 rings (SSSR count). The molecular formula is C29H41NO5S. The summed E-state index contributed by atoms with van der Waals surface area (Å²) in [4.78, 5) is 28.3. The molecule has 2 aromatic rings. The van der Waals surface area contributed by atoms with Crippen LogP contribution in [0.1, 0.15) is 91.5 Å². The Balaban J connectivity index is 1.92. The van der Waals surface area contributed by atoms with Gasteiger partial charge in [-0.15, -0.1) is 11.3 Å². The number of carboxylic acid groups (broad SMARTS) is 1. The van der Waals surface area contributed by atoms with Gasteiger partial charge in [0.25, 0.3) is 5.91 Å². The van der Waals surface area contributed by atoms with Crippen molar-refractivity contribution in [3.05, 3.63) is 50.7 Å². The maximum absolute atomic E-state index is 13.4. The molecule has 2 atom stereocenters. The monoisotopic (exact) mass is 515 g/mol. The first-order valence-electron chi connectivity index (χ1n) is 12.9. The number of aliphatic hydroxyl groups is 1. The summed E-state index contributed by atoms with van der Waals surface area (Å²) in [6.45, 7) is 15.0. The van der Waals surface area contributed by atoms with Crippen molar-refractivity contribution in [2.45, 2.75) is 91.7 Å². The van der Waals surface area contributed by atoms with Gasteiger partial charge in [-0.3, -0.25) is 4.79 Å². The highest BCUT2D eigenvalue weighted by Gasteiger charge is 2.38. The van der Waals surface area contributed by atoms with Gasteiger partial charge in [0.2, 0.25) is 0 Å². The van der Waals surface area contributed by atoms with E-state index in [0.717, 1.165) is 34.6 Å². The number of carbonyl (C=O) groups excluding carboxylic acids is 1. The SMILES string of the molecule is CCC(CC)(c1ccc(OCC(O)C(C)(C)C)c(C)c1)c1cc(C)c(C(=O)N2CCC[C@@H]2C(=O)O)s1. The van der Waals surface area contributed by atoms with Gasteiger partial charge in [-0.1, -0.05) is 46.8 Å². The van der Waals surface area contributed by atoms with Crippen LogP contribution in [0.25, 0.3) is 0 Å². The van der Waals surface area contributed by atoms with Crippen molar-refractivity contribution in [2.24, 2.45) is 5.41 Å². The van der Waals surface area contributed by atoms with Crippen molar-refractivity contribution >= 4 is 23.2 Å². The number of aliphatic hydroxyl groups excluding tert-OH is 1. The van der Waals surface area contributed by atoms with E-state index in [1.54, 1.807) is 0 Å². The van der Waals surface area contributed by atoms with Crippen LogP contribution in [-0.2, 0) is 10.2 Å². The van der Waals surface area contributed by atoms with Crippen molar-refractivity contribution in [2.75, 3.05) is 13.2 Å². The van der Waals surface area contributed by atoms with Crippen LogP contribution in [0.3, 0.4) is 0 Å². The normalized spacial score (nSPS) is 17.3. The number of ether oxygens (including phenoxy) is 1. The van der Waals surface area contributed by atoms with E-state index in [-0.39, 0.29) is 23.3 Å². The summed E-state index contributed by atoms with van der Waals surface area (Å²) in [6.07, 6.45) is 2.38. The Morgan fingerprint density at radius 2 is 1.81 bits per heavy atom. The highest BCUT2D eigenvalue weighted by atomic mass is 32.1. The van der Waals surface area contributed by atoms with Gasteiger partial charge in [-0.25, -0.2) is 4.79 Å². The molecule has 1 fully saturated rings. The van der Waals surface area contributed by atoms with E-state index in [0.29, 0.717) is 24.3 Å². The fraction of sp³-hybridized carbons (Fsp3) is 0.586. The zero-order valence-corrected chi connectivity index (χ0v) is 23.5. The van der Waals surface area contributed by atoms with Gasteiger partial charge in [-0.05, 0) is 73.8 Å². The van der Waals surface area contributed by atoms with Gasteiger partial charge in [0, 0.05) is 16.8 Å². The third kappa shape index (κ3) is 5.47. The fourth-order valence-electron chi connectivity index (χ4n) is 5.00. The van der Waals surface area contributed by atoms with Crippen molar-refractivity contribution in [3.63, 3.8) is 0 Å². The summed E-state index contributed by atoms with van der Waals surface area (Å²) < 4.78 is 5.96. The molecule has 1 aliphatic rings. The Labute approximate surface area is 219 Å². The molecule has 1 saturated heterocycles. The molecular weight excluding hydrogens is 474 g/mol. The number of benzene rings is 1. The molecule has 6 nitrogen and oxygen atoms in total. The van der Waals surface area contributed by atoms with Crippen LogP contribution in [0.4, 0.5) is 0 Å². The topological polar surface area (TPSA) is 87.1 Å². The van der Waals surface area contributed by atoms with Gasteiger partial charge in [0.05, 0.1) is 11.0 Å². The van der Waals surface area contributed by atoms with Crippen molar-refractivity contribution < 1.29 is 24.5 Å². The van der Waals surface area contributed by atoms with E-state index in [2.05, 4.69) is 32.0 Å². The zero-order chi connectivity index (χ0) is 26.8. The van der Waals surface area contributed by atoms with Crippen LogP contribution in [0.2, 0.25) is 0 Å². The molecule has 1 aromatic carbocycles. The van der Waals surface area contributed by atoms with E-state index >= 15 is 0 Å². The van der Waals surface area contributed by atoms with E-state index in [9.17, 15) is 19.8 Å². The third-order valence-corrected chi connectivity index (χ3v) is 9.14. The summed E-state index contributed by atoms with van der Waals surface area (Å²) in [5, 5.41) is 19.9. The summed E-state index contributed by atoms with van der Waals surface area (Å²) >= 11 is 1.50. The van der Waals surface area contributed by atoms with Gasteiger partial charge < -0.3 is 19.8 Å².